The number of unbranched alkanes of at least 4 members (excludes halogenated alkanes) is 11. The Bertz CT molecular complexity index is 506. The minimum atomic E-state index is -0.161. The van der Waals surface area contributed by atoms with E-state index in [9.17, 15) is 4.79 Å². The molecule has 1 rings (SSSR count). The van der Waals surface area contributed by atoms with E-state index in [1.54, 1.807) is 0 Å². The van der Waals surface area contributed by atoms with Crippen molar-refractivity contribution in [3.8, 4) is 0 Å². The summed E-state index contributed by atoms with van der Waals surface area (Å²) >= 11 is 0. The molecule has 2 N–H and O–H groups in total. The quantitative estimate of drug-likeness (QED) is 0.292. The molecule has 0 heterocycles. The van der Waals surface area contributed by atoms with Crippen molar-refractivity contribution in [3.63, 3.8) is 0 Å². The molecule has 0 saturated carbocycles. The standard InChI is InChI=1S/C25H41NO/c1-3-5-6-7-8-9-10-11-12-13-14-15-16-24(25(26)27)21-23-19-17-22(4-2)18-20-23/h4,17-20,24H,2-3,5-16,21H2,1H3,(H2,26,27). The molecule has 0 aromatic heterocycles. The maximum absolute atomic E-state index is 11.8. The number of hydrogen-bond acceptors (Lipinski definition) is 1. The van der Waals surface area contributed by atoms with Crippen LogP contribution in [0.2, 0.25) is 0 Å². The monoisotopic (exact) mass is 371 g/mol. The molecule has 2 heteroatoms. The average molecular weight is 372 g/mol. The maximum Gasteiger partial charge on any atom is 0.220 e. The van der Waals surface area contributed by atoms with Gasteiger partial charge in [-0.05, 0) is 24.0 Å². The van der Waals surface area contributed by atoms with Crippen LogP contribution in [0.15, 0.2) is 30.8 Å². The van der Waals surface area contributed by atoms with Crippen LogP contribution in [-0.2, 0) is 11.2 Å². The van der Waals surface area contributed by atoms with Gasteiger partial charge in [-0.3, -0.25) is 4.79 Å². The van der Waals surface area contributed by atoms with Gasteiger partial charge in [0.25, 0.3) is 0 Å². The summed E-state index contributed by atoms with van der Waals surface area (Å²) in [6.45, 7) is 6.04. The van der Waals surface area contributed by atoms with Crippen molar-refractivity contribution >= 4 is 12.0 Å². The number of carbonyl (C=O) groups excluding carboxylic acids is 1. The number of rotatable bonds is 17. The van der Waals surface area contributed by atoms with Crippen LogP contribution in [0.4, 0.5) is 0 Å². The third kappa shape index (κ3) is 11.7. The molecule has 1 aromatic rings. The van der Waals surface area contributed by atoms with Gasteiger partial charge < -0.3 is 5.73 Å². The second-order valence-electron chi connectivity index (χ2n) is 7.93. The molecule has 0 bridgehead atoms. The minimum Gasteiger partial charge on any atom is -0.369 e. The summed E-state index contributed by atoms with van der Waals surface area (Å²) in [6, 6.07) is 8.25. The number of nitrogens with two attached hydrogens (primary N) is 1. The molecule has 0 saturated heterocycles. The number of benzene rings is 1. The summed E-state index contributed by atoms with van der Waals surface area (Å²) in [5, 5.41) is 0. The van der Waals surface area contributed by atoms with Crippen LogP contribution in [0.5, 0.6) is 0 Å². The van der Waals surface area contributed by atoms with E-state index < -0.39 is 0 Å². The van der Waals surface area contributed by atoms with Gasteiger partial charge in [0, 0.05) is 5.92 Å². The highest BCUT2D eigenvalue weighted by Gasteiger charge is 2.15. The van der Waals surface area contributed by atoms with Crippen molar-refractivity contribution in [2.24, 2.45) is 11.7 Å². The Morgan fingerprint density at radius 2 is 1.37 bits per heavy atom. The summed E-state index contributed by atoms with van der Waals surface area (Å²) in [4.78, 5) is 11.8. The van der Waals surface area contributed by atoms with E-state index >= 15 is 0 Å². The van der Waals surface area contributed by atoms with Gasteiger partial charge in [0.05, 0.1) is 0 Å². The molecule has 0 aliphatic rings. The van der Waals surface area contributed by atoms with Crippen LogP contribution in [0.3, 0.4) is 0 Å². The Morgan fingerprint density at radius 3 is 1.81 bits per heavy atom. The predicted octanol–water partition coefficient (Wildman–Crippen LogP) is 7.06. The maximum atomic E-state index is 11.8. The first-order valence-electron chi connectivity index (χ1n) is 11.2. The van der Waals surface area contributed by atoms with Gasteiger partial charge in [-0.15, -0.1) is 0 Å². The van der Waals surface area contributed by atoms with Crippen LogP contribution in [0.25, 0.3) is 6.08 Å². The zero-order valence-electron chi connectivity index (χ0n) is 17.6. The number of carbonyl (C=O) groups is 1. The van der Waals surface area contributed by atoms with Gasteiger partial charge in [0.2, 0.25) is 5.91 Å². The van der Waals surface area contributed by atoms with Crippen LogP contribution in [0.1, 0.15) is 102 Å². The first-order chi connectivity index (χ1) is 13.2. The average Bonchev–Trinajstić information content (AvgIpc) is 2.68. The van der Waals surface area contributed by atoms with Crippen molar-refractivity contribution in [2.45, 2.75) is 96.8 Å². The molecule has 27 heavy (non-hydrogen) atoms. The van der Waals surface area contributed by atoms with E-state index in [1.807, 2.05) is 18.2 Å². The molecule has 0 radical (unpaired) electrons. The van der Waals surface area contributed by atoms with E-state index in [-0.39, 0.29) is 11.8 Å². The van der Waals surface area contributed by atoms with E-state index in [1.165, 1.54) is 76.2 Å². The molecule has 2 nitrogen and oxygen atoms in total. The Kier molecular flexibility index (Phi) is 13.5. The van der Waals surface area contributed by atoms with E-state index in [0.29, 0.717) is 0 Å². The van der Waals surface area contributed by atoms with E-state index in [2.05, 4.69) is 25.6 Å². The van der Waals surface area contributed by atoms with E-state index in [4.69, 9.17) is 5.73 Å². The SMILES string of the molecule is C=Cc1ccc(CC(CCCCCCCCCCCCCC)C(N)=O)cc1. The highest BCUT2D eigenvalue weighted by molar-refractivity contribution is 5.76. The van der Waals surface area contributed by atoms with Crippen LogP contribution in [-0.4, -0.2) is 5.91 Å². The first-order valence-corrected chi connectivity index (χ1v) is 11.2. The van der Waals surface area contributed by atoms with Crippen molar-refractivity contribution in [2.75, 3.05) is 0 Å². The molecular formula is C25H41NO. The zero-order valence-corrected chi connectivity index (χ0v) is 17.6. The van der Waals surface area contributed by atoms with Crippen molar-refractivity contribution < 1.29 is 4.79 Å². The van der Waals surface area contributed by atoms with Crippen molar-refractivity contribution in [3.05, 3.63) is 42.0 Å². The second kappa shape index (κ2) is 15.5. The predicted molar refractivity (Wildman–Crippen MR) is 119 cm³/mol. The van der Waals surface area contributed by atoms with Crippen LogP contribution >= 0.6 is 0 Å². The minimum absolute atomic E-state index is 0.0392. The summed E-state index contributed by atoms with van der Waals surface area (Å²) in [7, 11) is 0. The third-order valence-corrected chi connectivity index (χ3v) is 5.51. The van der Waals surface area contributed by atoms with Crippen molar-refractivity contribution in [1.82, 2.24) is 0 Å². The molecule has 0 spiro atoms. The van der Waals surface area contributed by atoms with Gasteiger partial charge >= 0.3 is 0 Å². The number of hydrogen-bond donors (Lipinski definition) is 1. The van der Waals surface area contributed by atoms with Crippen molar-refractivity contribution in [1.29, 1.82) is 0 Å². The summed E-state index contributed by atoms with van der Waals surface area (Å²) in [5.74, 6) is -0.200. The number of amides is 1. The molecule has 0 fully saturated rings. The summed E-state index contributed by atoms with van der Waals surface area (Å²) < 4.78 is 0. The van der Waals surface area contributed by atoms with Gasteiger partial charge in [-0.25, -0.2) is 0 Å². The molecule has 0 aliphatic carbocycles. The Balaban J connectivity index is 2.08. The smallest absolute Gasteiger partial charge is 0.220 e. The van der Waals surface area contributed by atoms with Gasteiger partial charge in [-0.2, -0.15) is 0 Å². The fourth-order valence-electron chi connectivity index (χ4n) is 3.65. The molecule has 1 amide bonds. The Hall–Kier alpha value is -1.57. The van der Waals surface area contributed by atoms with Gasteiger partial charge in [0.15, 0.2) is 0 Å². The lowest BCUT2D eigenvalue weighted by Crippen LogP contribution is -2.25. The van der Waals surface area contributed by atoms with Gasteiger partial charge in [-0.1, -0.05) is 121 Å². The van der Waals surface area contributed by atoms with E-state index in [0.717, 1.165) is 24.8 Å². The molecule has 152 valence electrons. The normalized spacial score (nSPS) is 12.0. The topological polar surface area (TPSA) is 43.1 Å². The molecular weight excluding hydrogens is 330 g/mol. The fourth-order valence-corrected chi connectivity index (χ4v) is 3.65. The molecule has 1 aromatic carbocycles. The number of primary amides is 1. The lowest BCUT2D eigenvalue weighted by atomic mass is 9.92. The lowest BCUT2D eigenvalue weighted by Gasteiger charge is -2.13. The fraction of sp³-hybridized carbons (Fsp3) is 0.640. The largest absolute Gasteiger partial charge is 0.369 e. The van der Waals surface area contributed by atoms with Crippen LogP contribution in [0, 0.1) is 5.92 Å². The third-order valence-electron chi connectivity index (χ3n) is 5.51. The zero-order chi connectivity index (χ0) is 19.7. The molecule has 1 atom stereocenters. The second-order valence-corrected chi connectivity index (χ2v) is 7.93. The van der Waals surface area contributed by atoms with Crippen LogP contribution < -0.4 is 5.73 Å². The van der Waals surface area contributed by atoms with Gasteiger partial charge in [0.1, 0.15) is 0 Å². The summed E-state index contributed by atoms with van der Waals surface area (Å²) in [6.07, 6.45) is 19.6. The highest BCUT2D eigenvalue weighted by Crippen LogP contribution is 2.18. The highest BCUT2D eigenvalue weighted by atomic mass is 16.1. The lowest BCUT2D eigenvalue weighted by molar-refractivity contribution is -0.122. The Labute approximate surface area is 167 Å². The molecule has 1 unspecified atom stereocenters. The Morgan fingerprint density at radius 1 is 0.889 bits per heavy atom. The first kappa shape index (κ1) is 23.5. The molecule has 0 aliphatic heterocycles. The summed E-state index contributed by atoms with van der Waals surface area (Å²) in [5.41, 5.74) is 7.92.